The van der Waals surface area contributed by atoms with Gasteiger partial charge in [0.25, 0.3) is 0 Å². The Bertz CT molecular complexity index is 37.3. The predicted molar refractivity (Wildman–Crippen MR) is 36.7 cm³/mol. The molecule has 0 aromatic rings. The van der Waals surface area contributed by atoms with Gasteiger partial charge in [-0.25, -0.2) is 0 Å². The van der Waals surface area contributed by atoms with E-state index in [1.165, 1.54) is 27.0 Å². The molecule has 0 nitrogen and oxygen atoms in total. The fourth-order valence-electron chi connectivity index (χ4n) is 0. The van der Waals surface area contributed by atoms with E-state index in [1.54, 1.807) is 0 Å². The molecule has 0 amide bonds. The van der Waals surface area contributed by atoms with Crippen molar-refractivity contribution in [2.75, 3.05) is 0 Å². The van der Waals surface area contributed by atoms with Crippen LogP contribution in [0, 0.1) is 0 Å². The molecule has 0 spiro atoms. The van der Waals surface area contributed by atoms with Gasteiger partial charge in [0.05, 0.1) is 0 Å². The molecule has 0 saturated carbocycles. The summed E-state index contributed by atoms with van der Waals surface area (Å²) in [4.78, 5) is 0. The van der Waals surface area contributed by atoms with Crippen molar-refractivity contribution < 1.29 is 0 Å². The molecule has 0 aromatic heterocycles. The topological polar surface area (TPSA) is 0 Å². The molecule has 0 N–H and O–H groups in total. The zero-order chi connectivity index (χ0) is 5.21. The first-order valence-electron chi connectivity index (χ1n) is 2.26. The van der Waals surface area contributed by atoms with E-state index in [9.17, 15) is 0 Å². The summed E-state index contributed by atoms with van der Waals surface area (Å²) in [6.07, 6.45) is 0. The summed E-state index contributed by atoms with van der Waals surface area (Å²) in [5, 5.41) is 0. The molecular formula is C4H13SbSi. The molecule has 0 aliphatic carbocycles. The minimum absolute atomic E-state index is 0.573. The van der Waals surface area contributed by atoms with Crippen molar-refractivity contribution in [1.29, 1.82) is 0 Å². The van der Waals surface area contributed by atoms with Gasteiger partial charge in [-0.3, -0.25) is 0 Å². The Labute approximate surface area is 54.8 Å². The third-order valence-corrected chi connectivity index (χ3v) is 12.3. The summed E-state index contributed by atoms with van der Waals surface area (Å²) in [6, 6.07) is 0. The Morgan fingerprint density at radius 2 is 1.50 bits per heavy atom. The fraction of sp³-hybridized carbons (Fsp3) is 1.00. The molecule has 0 aromatic carbocycles. The Balaban J connectivity index is 3.17. The van der Waals surface area contributed by atoms with Crippen molar-refractivity contribution in [3.63, 3.8) is 0 Å². The van der Waals surface area contributed by atoms with Gasteiger partial charge in [-0.1, -0.05) is 0 Å². The molecule has 0 rings (SSSR count). The zero-order valence-corrected chi connectivity index (χ0v) is 9.08. The average Bonchev–Trinajstić information content (AvgIpc) is 1.35. The van der Waals surface area contributed by atoms with Crippen LogP contribution in [0.5, 0.6) is 0 Å². The molecule has 6 heavy (non-hydrogen) atoms. The molecule has 0 radical (unpaired) electrons. The van der Waals surface area contributed by atoms with Gasteiger partial charge in [0.15, 0.2) is 0 Å². The van der Waals surface area contributed by atoms with E-state index in [1.807, 2.05) is 0 Å². The van der Waals surface area contributed by atoms with Crippen LogP contribution in [-0.4, -0.2) is 31.1 Å². The second-order valence-electron chi connectivity index (χ2n) is 2.76. The van der Waals surface area contributed by atoms with Gasteiger partial charge < -0.3 is 0 Å². The molecule has 0 heterocycles. The molecule has 0 bridgehead atoms. The van der Waals surface area contributed by atoms with Crippen LogP contribution in [0.3, 0.4) is 0 Å². The average molecular weight is 211 g/mol. The van der Waals surface area contributed by atoms with Gasteiger partial charge in [0.1, 0.15) is 0 Å². The van der Waals surface area contributed by atoms with Crippen molar-refractivity contribution in [2.45, 2.75) is 23.6 Å². The Hall–Kier alpha value is 1.04. The molecule has 0 fully saturated rings. The van der Waals surface area contributed by atoms with Gasteiger partial charge in [0.2, 0.25) is 0 Å². The van der Waals surface area contributed by atoms with Crippen molar-refractivity contribution in [3.05, 3.63) is 0 Å². The molecule has 0 saturated heterocycles. The molecule has 0 aliphatic rings. The molecule has 38 valence electrons. The summed E-state index contributed by atoms with van der Waals surface area (Å²) in [5.74, 6) is 0. The molecular weight excluding hydrogens is 198 g/mol. The number of hydrogen-bond donors (Lipinski definition) is 0. The van der Waals surface area contributed by atoms with E-state index in [2.05, 4.69) is 19.6 Å². The maximum atomic E-state index is 2.41. The van der Waals surface area contributed by atoms with Crippen LogP contribution < -0.4 is 0 Å². The standard InChI is InChI=1S/C4H11Si.Sb.2H/c1-5(2,3)4;;;/h1H2,2-4H3;;;. The van der Waals surface area contributed by atoms with Gasteiger partial charge in [-0.15, -0.1) is 0 Å². The van der Waals surface area contributed by atoms with E-state index in [4.69, 9.17) is 0 Å². The Morgan fingerprint density at radius 3 is 1.50 bits per heavy atom. The van der Waals surface area contributed by atoms with Crippen LogP contribution in [0.1, 0.15) is 0 Å². The summed E-state index contributed by atoms with van der Waals surface area (Å²) < 4.78 is 1.54. The SMILES string of the molecule is C[Si](C)(C)[CH2][SbH2]. The second kappa shape index (κ2) is 2.37. The maximum absolute atomic E-state index is 2.41. The Kier molecular flexibility index (Phi) is 2.78. The van der Waals surface area contributed by atoms with E-state index < -0.39 is 8.07 Å². The quantitative estimate of drug-likeness (QED) is 0.565. The van der Waals surface area contributed by atoms with Crippen molar-refractivity contribution in [1.82, 2.24) is 0 Å². The summed E-state index contributed by atoms with van der Waals surface area (Å²) in [7, 11) is -0.573. The van der Waals surface area contributed by atoms with Crippen LogP contribution in [0.2, 0.25) is 23.6 Å². The molecule has 0 aliphatic heterocycles. The van der Waals surface area contributed by atoms with Crippen LogP contribution in [0.25, 0.3) is 0 Å². The van der Waals surface area contributed by atoms with Crippen LogP contribution in [0.4, 0.5) is 0 Å². The van der Waals surface area contributed by atoms with E-state index in [0.29, 0.717) is 0 Å². The van der Waals surface area contributed by atoms with Gasteiger partial charge >= 0.3 is 54.7 Å². The first-order valence-corrected chi connectivity index (χ1v) is 8.30. The summed E-state index contributed by atoms with van der Waals surface area (Å²) in [5.41, 5.74) is 0. The van der Waals surface area contributed by atoms with Crippen molar-refractivity contribution in [2.24, 2.45) is 0 Å². The minimum atomic E-state index is -0.573. The van der Waals surface area contributed by atoms with Crippen LogP contribution in [-0.2, 0) is 0 Å². The molecule has 0 atom stereocenters. The van der Waals surface area contributed by atoms with Crippen LogP contribution >= 0.6 is 0 Å². The monoisotopic (exact) mass is 210 g/mol. The molecule has 0 unspecified atom stereocenters. The predicted octanol–water partition coefficient (Wildman–Crippen LogP) is 0.915. The van der Waals surface area contributed by atoms with Gasteiger partial charge in [-0.05, 0) is 0 Å². The van der Waals surface area contributed by atoms with Crippen LogP contribution in [0.15, 0.2) is 0 Å². The Morgan fingerprint density at radius 1 is 1.33 bits per heavy atom. The number of hydrogen-bond acceptors (Lipinski definition) is 0. The number of rotatable bonds is 1. The van der Waals surface area contributed by atoms with Gasteiger partial charge in [0, 0.05) is 0 Å². The fourth-order valence-corrected chi connectivity index (χ4v) is 0. The first kappa shape index (κ1) is 7.04. The second-order valence-corrected chi connectivity index (χ2v) is 11.8. The van der Waals surface area contributed by atoms with Crippen molar-refractivity contribution >= 4 is 31.1 Å². The van der Waals surface area contributed by atoms with Gasteiger partial charge in [-0.2, -0.15) is 0 Å². The molecule has 2 heteroatoms. The third-order valence-electron chi connectivity index (χ3n) is 0.612. The van der Waals surface area contributed by atoms with Crippen molar-refractivity contribution in [3.8, 4) is 0 Å². The summed E-state index contributed by atoms with van der Waals surface area (Å²) in [6.45, 7) is 7.24. The van der Waals surface area contributed by atoms with E-state index in [-0.39, 0.29) is 0 Å². The third kappa shape index (κ3) is 5.04. The first-order chi connectivity index (χ1) is 2.56. The normalized spacial score (nSPS) is 12.0. The summed E-state index contributed by atoms with van der Waals surface area (Å²) >= 11 is 1.46. The van der Waals surface area contributed by atoms with E-state index in [0.717, 1.165) is 0 Å². The zero-order valence-electron chi connectivity index (χ0n) is 4.78. The van der Waals surface area contributed by atoms with E-state index >= 15 is 0 Å².